The van der Waals surface area contributed by atoms with Crippen LogP contribution < -0.4 is 5.32 Å². The molecule has 5 rings (SSSR count). The number of hydrogen-bond acceptors (Lipinski definition) is 4. The van der Waals surface area contributed by atoms with E-state index in [4.69, 9.17) is 16.0 Å². The highest BCUT2D eigenvalue weighted by Crippen LogP contribution is 2.28. The zero-order valence-corrected chi connectivity index (χ0v) is 17.7. The van der Waals surface area contributed by atoms with E-state index in [2.05, 4.69) is 10.4 Å². The maximum atomic E-state index is 13.3. The van der Waals surface area contributed by atoms with Crippen molar-refractivity contribution in [3.05, 3.63) is 59.4 Å². The smallest absolute Gasteiger partial charge is 0.274 e. The topological polar surface area (TPSA) is 80.4 Å². The maximum absolute atomic E-state index is 13.3. The summed E-state index contributed by atoms with van der Waals surface area (Å²) in [5, 5.41) is 8.22. The minimum absolute atomic E-state index is 0.0562. The van der Waals surface area contributed by atoms with Crippen molar-refractivity contribution in [1.82, 2.24) is 20.0 Å². The van der Waals surface area contributed by atoms with Crippen LogP contribution in [0, 0.1) is 5.92 Å². The van der Waals surface area contributed by atoms with Crippen molar-refractivity contribution in [1.29, 1.82) is 0 Å². The van der Waals surface area contributed by atoms with Gasteiger partial charge in [-0.15, -0.1) is 0 Å². The van der Waals surface area contributed by atoms with Crippen LogP contribution in [0.5, 0.6) is 0 Å². The third kappa shape index (κ3) is 4.23. The van der Waals surface area contributed by atoms with Crippen molar-refractivity contribution in [3.8, 4) is 17.1 Å². The number of halogens is 1. The molecule has 8 heteroatoms. The first-order chi connectivity index (χ1) is 15.1. The number of carbonyl (C=O) groups is 2. The lowest BCUT2D eigenvalue weighted by Crippen LogP contribution is -2.46. The number of hydrogen-bond donors (Lipinski definition) is 1. The normalized spacial score (nSPS) is 18.7. The lowest BCUT2D eigenvalue weighted by Gasteiger charge is -2.31. The Balaban J connectivity index is 1.42. The van der Waals surface area contributed by atoms with Crippen LogP contribution >= 0.6 is 11.6 Å². The Morgan fingerprint density at radius 2 is 2.00 bits per heavy atom. The van der Waals surface area contributed by atoms with Crippen molar-refractivity contribution in [2.45, 2.75) is 31.7 Å². The van der Waals surface area contributed by atoms with E-state index in [1.54, 1.807) is 40.1 Å². The molecular formula is C23H23ClN4O3. The van der Waals surface area contributed by atoms with Gasteiger partial charge in [-0.3, -0.25) is 9.59 Å². The number of piperidine rings is 1. The van der Waals surface area contributed by atoms with E-state index in [1.807, 2.05) is 18.2 Å². The molecule has 1 N–H and O–H groups in total. The van der Waals surface area contributed by atoms with Crippen LogP contribution in [0.25, 0.3) is 17.1 Å². The van der Waals surface area contributed by atoms with E-state index in [0.29, 0.717) is 41.3 Å². The third-order valence-electron chi connectivity index (χ3n) is 5.76. The largest absolute Gasteiger partial charge is 0.463 e. The molecule has 1 saturated heterocycles. The minimum Gasteiger partial charge on any atom is -0.463 e. The summed E-state index contributed by atoms with van der Waals surface area (Å²) >= 11 is 6.17. The summed E-state index contributed by atoms with van der Waals surface area (Å²) in [5.74, 6) is 0.308. The van der Waals surface area contributed by atoms with Crippen LogP contribution in [0.4, 0.5) is 0 Å². The van der Waals surface area contributed by atoms with E-state index in [1.165, 1.54) is 0 Å². The number of nitrogens with zero attached hydrogens (tertiary/aromatic N) is 3. The standard InChI is InChI=1S/C23H23ClN4O3/c24-16-5-1-6-18(12-16)28-20(21-7-3-11-31-21)13-19(26-28)23(30)27-10-2-4-15(14-27)22(29)25-17-8-9-17/h1,3,5-7,11-13,15,17H,2,4,8-10,14H2,(H,25,29). The van der Waals surface area contributed by atoms with Gasteiger partial charge >= 0.3 is 0 Å². The molecule has 2 fully saturated rings. The quantitative estimate of drug-likeness (QED) is 0.654. The summed E-state index contributed by atoms with van der Waals surface area (Å²) in [6.07, 6.45) is 5.29. The van der Waals surface area contributed by atoms with E-state index in [0.717, 1.165) is 31.4 Å². The summed E-state index contributed by atoms with van der Waals surface area (Å²) in [5.41, 5.74) is 1.71. The molecule has 1 aromatic carbocycles. The molecule has 31 heavy (non-hydrogen) atoms. The number of benzene rings is 1. The van der Waals surface area contributed by atoms with Gasteiger partial charge in [0.15, 0.2) is 11.5 Å². The van der Waals surface area contributed by atoms with Gasteiger partial charge in [-0.2, -0.15) is 5.10 Å². The Hall–Kier alpha value is -3.06. The van der Waals surface area contributed by atoms with Crippen LogP contribution in [-0.2, 0) is 4.79 Å². The molecule has 2 aliphatic rings. The minimum atomic E-state index is -0.183. The second-order valence-corrected chi connectivity index (χ2v) is 8.59. The fourth-order valence-electron chi connectivity index (χ4n) is 3.97. The van der Waals surface area contributed by atoms with Crippen LogP contribution in [-0.4, -0.2) is 45.6 Å². The van der Waals surface area contributed by atoms with Gasteiger partial charge in [0.05, 0.1) is 17.9 Å². The summed E-state index contributed by atoms with van der Waals surface area (Å²) in [4.78, 5) is 27.5. The molecule has 7 nitrogen and oxygen atoms in total. The molecule has 160 valence electrons. The zero-order valence-electron chi connectivity index (χ0n) is 17.0. The van der Waals surface area contributed by atoms with E-state index in [-0.39, 0.29) is 17.7 Å². The molecule has 2 aromatic heterocycles. The average molecular weight is 439 g/mol. The second-order valence-electron chi connectivity index (χ2n) is 8.16. The molecule has 0 spiro atoms. The Kier molecular flexibility index (Phi) is 5.28. The summed E-state index contributed by atoms with van der Waals surface area (Å²) < 4.78 is 7.24. The predicted octanol–water partition coefficient (Wildman–Crippen LogP) is 3.92. The monoisotopic (exact) mass is 438 g/mol. The Morgan fingerprint density at radius 3 is 2.74 bits per heavy atom. The second kappa shape index (κ2) is 8.23. The molecule has 3 heterocycles. The first-order valence-corrected chi connectivity index (χ1v) is 11.0. The number of nitrogens with one attached hydrogen (secondary N) is 1. The van der Waals surface area contributed by atoms with Crippen LogP contribution in [0.1, 0.15) is 36.2 Å². The Bertz CT molecular complexity index is 1100. The molecule has 1 saturated carbocycles. The van der Waals surface area contributed by atoms with E-state index >= 15 is 0 Å². The van der Waals surface area contributed by atoms with Crippen molar-refractivity contribution < 1.29 is 14.0 Å². The van der Waals surface area contributed by atoms with Gasteiger partial charge in [0.1, 0.15) is 5.69 Å². The maximum Gasteiger partial charge on any atom is 0.274 e. The lowest BCUT2D eigenvalue weighted by atomic mass is 9.97. The highest BCUT2D eigenvalue weighted by molar-refractivity contribution is 6.30. The van der Waals surface area contributed by atoms with Crippen molar-refractivity contribution in [2.24, 2.45) is 5.92 Å². The number of amides is 2. The van der Waals surface area contributed by atoms with E-state index in [9.17, 15) is 9.59 Å². The molecule has 2 amide bonds. The number of rotatable bonds is 5. The van der Waals surface area contributed by atoms with Gasteiger partial charge in [-0.1, -0.05) is 17.7 Å². The number of likely N-dealkylation sites (tertiary alicyclic amines) is 1. The van der Waals surface area contributed by atoms with Crippen LogP contribution in [0.15, 0.2) is 53.1 Å². The molecular weight excluding hydrogens is 416 g/mol. The average Bonchev–Trinajstić information content (AvgIpc) is 3.26. The fourth-order valence-corrected chi connectivity index (χ4v) is 4.16. The summed E-state index contributed by atoms with van der Waals surface area (Å²) in [6.45, 7) is 1.03. The van der Waals surface area contributed by atoms with E-state index < -0.39 is 0 Å². The first-order valence-electron chi connectivity index (χ1n) is 10.6. The van der Waals surface area contributed by atoms with Gasteiger partial charge in [0.25, 0.3) is 5.91 Å². The predicted molar refractivity (Wildman–Crippen MR) is 116 cm³/mol. The summed E-state index contributed by atoms with van der Waals surface area (Å²) in [7, 11) is 0. The summed E-state index contributed by atoms with van der Waals surface area (Å²) in [6, 6.07) is 12.9. The SMILES string of the molecule is O=C(NC1CC1)C1CCCN(C(=O)c2cc(-c3ccco3)n(-c3cccc(Cl)c3)n2)C1. The molecule has 1 atom stereocenters. The zero-order chi connectivity index (χ0) is 21.4. The van der Waals surface area contributed by atoms with Gasteiger partial charge in [-0.25, -0.2) is 4.68 Å². The first kappa shape index (κ1) is 19.9. The number of furan rings is 1. The molecule has 3 aromatic rings. The molecule has 0 radical (unpaired) electrons. The van der Waals surface area contributed by atoms with Crippen LogP contribution in [0.2, 0.25) is 5.02 Å². The van der Waals surface area contributed by atoms with Gasteiger partial charge < -0.3 is 14.6 Å². The third-order valence-corrected chi connectivity index (χ3v) is 5.99. The van der Waals surface area contributed by atoms with Gasteiger partial charge in [0, 0.05) is 30.2 Å². The lowest BCUT2D eigenvalue weighted by molar-refractivity contribution is -0.126. The highest BCUT2D eigenvalue weighted by atomic mass is 35.5. The van der Waals surface area contributed by atoms with Crippen molar-refractivity contribution in [2.75, 3.05) is 13.1 Å². The fraction of sp³-hybridized carbons (Fsp3) is 0.348. The molecule has 1 aliphatic carbocycles. The highest BCUT2D eigenvalue weighted by Gasteiger charge is 2.33. The Labute approximate surface area is 185 Å². The molecule has 1 aliphatic heterocycles. The van der Waals surface area contributed by atoms with Gasteiger partial charge in [-0.05, 0) is 56.0 Å². The number of aromatic nitrogens is 2. The molecule has 1 unspecified atom stereocenters. The van der Waals surface area contributed by atoms with Crippen molar-refractivity contribution in [3.63, 3.8) is 0 Å². The van der Waals surface area contributed by atoms with Gasteiger partial charge in [0.2, 0.25) is 5.91 Å². The van der Waals surface area contributed by atoms with Crippen molar-refractivity contribution >= 4 is 23.4 Å². The number of carbonyl (C=O) groups excluding carboxylic acids is 2. The Morgan fingerprint density at radius 1 is 1.13 bits per heavy atom. The molecule has 0 bridgehead atoms. The van der Waals surface area contributed by atoms with Crippen LogP contribution in [0.3, 0.4) is 0 Å².